The molecular weight excluding hydrogens is 335 g/mol. The maximum absolute atomic E-state index is 6.57. The molecule has 5 heteroatoms. The van der Waals surface area contributed by atoms with Crippen LogP contribution in [0.1, 0.15) is 45.8 Å². The van der Waals surface area contributed by atoms with Gasteiger partial charge in [0.05, 0.1) is 6.10 Å². The van der Waals surface area contributed by atoms with Gasteiger partial charge in [-0.15, -0.1) is 0 Å². The third-order valence-corrected chi connectivity index (χ3v) is 9.69. The van der Waals surface area contributed by atoms with Gasteiger partial charge in [0.2, 0.25) is 0 Å². The van der Waals surface area contributed by atoms with Crippen LogP contribution in [0.15, 0.2) is 18.2 Å². The second-order valence-corrected chi connectivity index (χ2v) is 12.7. The molecule has 0 amide bonds. The highest BCUT2D eigenvalue weighted by Crippen LogP contribution is 2.42. The summed E-state index contributed by atoms with van der Waals surface area (Å²) in [6.07, 6.45) is 0.510. The van der Waals surface area contributed by atoms with E-state index in [2.05, 4.69) is 40.8 Å². The Kier molecular flexibility index (Phi) is 6.97. The number of hydrogen-bond acceptors (Lipinski definition) is 2. The number of halogens is 2. The van der Waals surface area contributed by atoms with Gasteiger partial charge in [0.15, 0.2) is 8.32 Å². The van der Waals surface area contributed by atoms with E-state index >= 15 is 0 Å². The zero-order chi connectivity index (χ0) is 17.1. The first-order chi connectivity index (χ1) is 10.0. The van der Waals surface area contributed by atoms with Gasteiger partial charge in [0.25, 0.3) is 0 Å². The predicted octanol–water partition coefficient (Wildman–Crippen LogP) is 6.48. The molecule has 0 aliphatic heterocycles. The average molecular weight is 363 g/mol. The second-order valence-electron chi connectivity index (χ2n) is 7.12. The van der Waals surface area contributed by atoms with Crippen LogP contribution in [0.4, 0.5) is 0 Å². The molecule has 126 valence electrons. The fourth-order valence-electron chi connectivity index (χ4n) is 2.15. The first-order valence-corrected chi connectivity index (χ1v) is 11.4. The van der Waals surface area contributed by atoms with Crippen LogP contribution in [-0.2, 0) is 9.16 Å². The van der Waals surface area contributed by atoms with Crippen molar-refractivity contribution in [3.8, 4) is 0 Å². The number of hydrogen-bond donors (Lipinski definition) is 0. The molecule has 0 radical (unpaired) electrons. The highest BCUT2D eigenvalue weighted by Gasteiger charge is 2.41. The van der Waals surface area contributed by atoms with Crippen molar-refractivity contribution in [1.29, 1.82) is 0 Å². The maximum Gasteiger partial charge on any atom is 0.192 e. The molecule has 0 spiro atoms. The number of benzene rings is 1. The summed E-state index contributed by atoms with van der Waals surface area (Å²) in [4.78, 5) is 0. The molecule has 1 rings (SSSR count). The summed E-state index contributed by atoms with van der Waals surface area (Å²) in [5.74, 6) is 0. The van der Waals surface area contributed by atoms with E-state index in [9.17, 15) is 0 Å². The highest BCUT2D eigenvalue weighted by molar-refractivity contribution is 6.74. The topological polar surface area (TPSA) is 18.5 Å². The monoisotopic (exact) mass is 362 g/mol. The third-order valence-electron chi connectivity index (χ3n) is 4.53. The van der Waals surface area contributed by atoms with Gasteiger partial charge in [-0.25, -0.2) is 0 Å². The second kappa shape index (κ2) is 7.67. The molecule has 0 unspecified atom stereocenters. The number of methoxy groups -OCH3 is 1. The molecule has 0 fully saturated rings. The van der Waals surface area contributed by atoms with E-state index in [4.69, 9.17) is 32.4 Å². The zero-order valence-corrected chi connectivity index (χ0v) is 17.2. The van der Waals surface area contributed by atoms with Crippen molar-refractivity contribution in [2.24, 2.45) is 0 Å². The SMILES string of the molecule is CC[C@@H](O[Si](C)(C)C(C)(C)C)[C@H](OC)c1c(Cl)cccc1Cl. The molecule has 0 N–H and O–H groups in total. The van der Waals surface area contributed by atoms with Crippen molar-refractivity contribution in [3.63, 3.8) is 0 Å². The van der Waals surface area contributed by atoms with E-state index in [1.54, 1.807) is 7.11 Å². The van der Waals surface area contributed by atoms with Gasteiger partial charge in [-0.2, -0.15) is 0 Å². The first-order valence-electron chi connectivity index (χ1n) is 7.69. The van der Waals surface area contributed by atoms with E-state index in [1.165, 1.54) is 0 Å². The Balaban J connectivity index is 3.16. The molecule has 1 aromatic carbocycles. The molecule has 2 nitrogen and oxygen atoms in total. The minimum atomic E-state index is -1.90. The molecule has 0 saturated carbocycles. The lowest BCUT2D eigenvalue weighted by molar-refractivity contribution is -0.00787. The van der Waals surface area contributed by atoms with Crippen molar-refractivity contribution < 1.29 is 9.16 Å². The Morgan fingerprint density at radius 2 is 1.64 bits per heavy atom. The summed E-state index contributed by atoms with van der Waals surface area (Å²) < 4.78 is 12.3. The minimum Gasteiger partial charge on any atom is -0.411 e. The van der Waals surface area contributed by atoms with Crippen molar-refractivity contribution in [2.75, 3.05) is 7.11 Å². The Morgan fingerprint density at radius 1 is 1.14 bits per heavy atom. The molecule has 0 aliphatic rings. The summed E-state index contributed by atoms with van der Waals surface area (Å²) in [5.41, 5.74) is 0.818. The summed E-state index contributed by atoms with van der Waals surface area (Å²) in [6, 6.07) is 5.53. The average Bonchev–Trinajstić information content (AvgIpc) is 2.39. The lowest BCUT2D eigenvalue weighted by atomic mass is 10.0. The van der Waals surface area contributed by atoms with E-state index in [1.807, 2.05) is 18.2 Å². The Morgan fingerprint density at radius 3 is 2.00 bits per heavy atom. The summed E-state index contributed by atoms with van der Waals surface area (Å²) in [5, 5.41) is 1.39. The normalized spacial score (nSPS) is 15.7. The summed E-state index contributed by atoms with van der Waals surface area (Å²) >= 11 is 12.7. The van der Waals surface area contributed by atoms with E-state index in [0.29, 0.717) is 10.0 Å². The first kappa shape index (κ1) is 20.0. The zero-order valence-electron chi connectivity index (χ0n) is 14.7. The third kappa shape index (κ3) is 4.48. The highest BCUT2D eigenvalue weighted by atomic mass is 35.5. The van der Waals surface area contributed by atoms with E-state index < -0.39 is 8.32 Å². The van der Waals surface area contributed by atoms with Crippen LogP contribution < -0.4 is 0 Å². The Hall–Kier alpha value is -0.0631. The van der Waals surface area contributed by atoms with Crippen LogP contribution >= 0.6 is 23.2 Å². The largest absolute Gasteiger partial charge is 0.411 e. The van der Waals surface area contributed by atoms with Crippen LogP contribution in [0.25, 0.3) is 0 Å². The molecule has 0 heterocycles. The van der Waals surface area contributed by atoms with Crippen LogP contribution in [0.3, 0.4) is 0 Å². The van der Waals surface area contributed by atoms with E-state index in [-0.39, 0.29) is 17.2 Å². The van der Waals surface area contributed by atoms with Gasteiger partial charge in [0, 0.05) is 22.7 Å². The quantitative estimate of drug-likeness (QED) is 0.539. The smallest absolute Gasteiger partial charge is 0.192 e. The fourth-order valence-corrected chi connectivity index (χ4v) is 4.17. The fraction of sp³-hybridized carbons (Fsp3) is 0.647. The van der Waals surface area contributed by atoms with E-state index in [0.717, 1.165) is 12.0 Å². The minimum absolute atomic E-state index is 0.0664. The van der Waals surface area contributed by atoms with Crippen LogP contribution in [0, 0.1) is 0 Å². The molecule has 1 aromatic rings. The Labute approximate surface area is 146 Å². The molecule has 0 bridgehead atoms. The Bertz CT molecular complexity index is 478. The van der Waals surface area contributed by atoms with Crippen molar-refractivity contribution >= 4 is 31.5 Å². The van der Waals surface area contributed by atoms with Gasteiger partial charge in [0.1, 0.15) is 6.10 Å². The van der Waals surface area contributed by atoms with Gasteiger partial charge in [-0.3, -0.25) is 0 Å². The molecule has 22 heavy (non-hydrogen) atoms. The van der Waals surface area contributed by atoms with Gasteiger partial charge >= 0.3 is 0 Å². The van der Waals surface area contributed by atoms with Gasteiger partial charge in [-0.05, 0) is 36.7 Å². The molecular formula is C17H28Cl2O2Si. The van der Waals surface area contributed by atoms with Crippen molar-refractivity contribution in [2.45, 2.75) is 64.5 Å². The van der Waals surface area contributed by atoms with Crippen molar-refractivity contribution in [1.82, 2.24) is 0 Å². The molecule has 0 aliphatic carbocycles. The van der Waals surface area contributed by atoms with Gasteiger partial charge < -0.3 is 9.16 Å². The predicted molar refractivity (Wildman–Crippen MR) is 98.6 cm³/mol. The van der Waals surface area contributed by atoms with Crippen LogP contribution in [0.5, 0.6) is 0 Å². The summed E-state index contributed by atoms with van der Waals surface area (Å²) in [6.45, 7) is 13.3. The van der Waals surface area contributed by atoms with Gasteiger partial charge in [-0.1, -0.05) is 57.0 Å². The van der Waals surface area contributed by atoms with Crippen LogP contribution in [-0.4, -0.2) is 21.5 Å². The standard InChI is InChI=1S/C17H28Cl2O2Si/c1-8-14(21-22(6,7)17(2,3)4)16(20-5)15-12(18)10-9-11-13(15)19/h9-11,14,16H,8H2,1-7H3/t14-,16+/m1/s1. The lowest BCUT2D eigenvalue weighted by Gasteiger charge is -2.41. The van der Waals surface area contributed by atoms with Crippen molar-refractivity contribution in [3.05, 3.63) is 33.8 Å². The maximum atomic E-state index is 6.57. The van der Waals surface area contributed by atoms with Crippen LogP contribution in [0.2, 0.25) is 28.2 Å². The summed E-state index contributed by atoms with van der Waals surface area (Å²) in [7, 11) is -0.219. The number of rotatable bonds is 6. The molecule has 0 aromatic heterocycles. The number of ether oxygens (including phenoxy) is 1. The lowest BCUT2D eigenvalue weighted by Crippen LogP contribution is -2.45. The molecule has 2 atom stereocenters. The molecule has 0 saturated heterocycles.